The Balaban J connectivity index is 3.13. The topological polar surface area (TPSA) is 20.2 Å². The van der Waals surface area contributed by atoms with Gasteiger partial charge < -0.3 is 5.11 Å². The van der Waals surface area contributed by atoms with Gasteiger partial charge >= 0.3 is 0 Å². The summed E-state index contributed by atoms with van der Waals surface area (Å²) in [5.74, 6) is 0. The number of aliphatic hydroxyl groups excluding tert-OH is 1. The van der Waals surface area contributed by atoms with Crippen LogP contribution in [0.5, 0.6) is 0 Å². The van der Waals surface area contributed by atoms with Crippen molar-refractivity contribution >= 4 is 0 Å². The van der Waals surface area contributed by atoms with Crippen molar-refractivity contribution in [2.75, 3.05) is 0 Å². The van der Waals surface area contributed by atoms with Crippen LogP contribution in [0.25, 0.3) is 0 Å². The van der Waals surface area contributed by atoms with Crippen LogP contribution in [0.15, 0.2) is 18.2 Å². The van der Waals surface area contributed by atoms with Crippen LogP contribution in [0.1, 0.15) is 30.5 Å². The minimum atomic E-state index is 0.955. The number of benzene rings is 1. The Kier molecular flexibility index (Phi) is 3.30. The largest absolute Gasteiger partial charge is 0.385 e. The molecule has 0 unspecified atom stereocenters. The molecular formula is C11H15O. The standard InChI is InChI=1S/C11H15O/c1-3-9-6-5-7-10(8-12)11(9)4-2/h5-8,12H,3-4H2,1-2H3. The van der Waals surface area contributed by atoms with Gasteiger partial charge in [0.2, 0.25) is 0 Å². The zero-order chi connectivity index (χ0) is 8.97. The SMILES string of the molecule is CCc1cccc([CH]O)c1CC. The fraction of sp³-hybridized carbons (Fsp3) is 0.364. The van der Waals surface area contributed by atoms with E-state index < -0.39 is 0 Å². The van der Waals surface area contributed by atoms with Gasteiger partial charge in [-0.2, -0.15) is 0 Å². The Morgan fingerprint density at radius 3 is 2.50 bits per heavy atom. The number of aliphatic hydroxyl groups is 1. The van der Waals surface area contributed by atoms with Crippen LogP contribution in [-0.4, -0.2) is 5.11 Å². The van der Waals surface area contributed by atoms with Crippen LogP contribution < -0.4 is 0 Å². The zero-order valence-electron chi connectivity index (χ0n) is 7.67. The minimum Gasteiger partial charge on any atom is -0.385 e. The summed E-state index contributed by atoms with van der Waals surface area (Å²) in [6, 6.07) is 6.05. The molecule has 0 saturated carbocycles. The van der Waals surface area contributed by atoms with Gasteiger partial charge in [-0.25, -0.2) is 0 Å². The summed E-state index contributed by atoms with van der Waals surface area (Å²) in [6.07, 6.45) is 2.02. The summed E-state index contributed by atoms with van der Waals surface area (Å²) in [7, 11) is 0. The van der Waals surface area contributed by atoms with Gasteiger partial charge in [-0.05, 0) is 29.5 Å². The van der Waals surface area contributed by atoms with Gasteiger partial charge in [0.25, 0.3) is 0 Å². The molecule has 12 heavy (non-hydrogen) atoms. The summed E-state index contributed by atoms with van der Waals surface area (Å²) < 4.78 is 0. The van der Waals surface area contributed by atoms with Gasteiger partial charge in [0.05, 0.1) is 0 Å². The van der Waals surface area contributed by atoms with Crippen LogP contribution >= 0.6 is 0 Å². The predicted octanol–water partition coefficient (Wildman–Crippen LogP) is 2.69. The van der Waals surface area contributed by atoms with Crippen molar-refractivity contribution in [1.82, 2.24) is 0 Å². The van der Waals surface area contributed by atoms with Gasteiger partial charge in [0.15, 0.2) is 0 Å². The minimum absolute atomic E-state index is 0.955. The first-order valence-corrected chi connectivity index (χ1v) is 4.41. The molecule has 1 aromatic carbocycles. The van der Waals surface area contributed by atoms with Crippen LogP contribution in [0.3, 0.4) is 0 Å². The molecule has 0 aliphatic carbocycles. The van der Waals surface area contributed by atoms with E-state index in [1.807, 2.05) is 12.1 Å². The first kappa shape index (κ1) is 9.27. The highest BCUT2D eigenvalue weighted by atomic mass is 16.3. The van der Waals surface area contributed by atoms with E-state index in [0.29, 0.717) is 0 Å². The maximum absolute atomic E-state index is 8.94. The van der Waals surface area contributed by atoms with Gasteiger partial charge in [-0.15, -0.1) is 0 Å². The molecule has 1 aromatic rings. The van der Waals surface area contributed by atoms with Crippen molar-refractivity contribution in [1.29, 1.82) is 0 Å². The van der Waals surface area contributed by atoms with Crippen molar-refractivity contribution in [2.24, 2.45) is 0 Å². The Morgan fingerprint density at radius 1 is 1.25 bits per heavy atom. The fourth-order valence-corrected chi connectivity index (χ4v) is 1.54. The van der Waals surface area contributed by atoms with E-state index in [0.717, 1.165) is 18.4 Å². The molecule has 0 heterocycles. The van der Waals surface area contributed by atoms with Crippen molar-refractivity contribution in [2.45, 2.75) is 26.7 Å². The highest BCUT2D eigenvalue weighted by molar-refractivity contribution is 5.38. The molecule has 0 aliphatic rings. The van der Waals surface area contributed by atoms with Gasteiger partial charge in [-0.1, -0.05) is 32.0 Å². The van der Waals surface area contributed by atoms with Gasteiger partial charge in [0, 0.05) is 0 Å². The Labute approximate surface area is 74.1 Å². The lowest BCUT2D eigenvalue weighted by Gasteiger charge is -2.09. The number of hydrogen-bond donors (Lipinski definition) is 1. The molecular weight excluding hydrogens is 148 g/mol. The average molecular weight is 163 g/mol. The van der Waals surface area contributed by atoms with Crippen LogP contribution in [0.4, 0.5) is 0 Å². The lowest BCUT2D eigenvalue weighted by Crippen LogP contribution is -1.96. The van der Waals surface area contributed by atoms with Gasteiger partial charge in [-0.3, -0.25) is 0 Å². The molecule has 1 N–H and O–H groups in total. The van der Waals surface area contributed by atoms with Crippen LogP contribution in [0, 0.1) is 6.61 Å². The summed E-state index contributed by atoms with van der Waals surface area (Å²) in [6.45, 7) is 5.44. The molecule has 1 radical (unpaired) electrons. The first-order chi connectivity index (χ1) is 5.83. The third-order valence-corrected chi connectivity index (χ3v) is 2.18. The van der Waals surface area contributed by atoms with E-state index in [1.54, 1.807) is 0 Å². The zero-order valence-corrected chi connectivity index (χ0v) is 7.67. The second kappa shape index (κ2) is 4.27. The Bertz CT molecular complexity index is 231. The van der Waals surface area contributed by atoms with E-state index in [2.05, 4.69) is 19.9 Å². The number of rotatable bonds is 3. The lowest BCUT2D eigenvalue weighted by molar-refractivity contribution is 0.413. The van der Waals surface area contributed by atoms with Gasteiger partial charge in [0.1, 0.15) is 6.61 Å². The lowest BCUT2D eigenvalue weighted by atomic mass is 9.98. The summed E-state index contributed by atoms with van der Waals surface area (Å²) in [5.41, 5.74) is 3.56. The molecule has 0 aromatic heterocycles. The molecule has 0 aliphatic heterocycles. The highest BCUT2D eigenvalue weighted by Gasteiger charge is 2.03. The molecule has 0 atom stereocenters. The fourth-order valence-electron chi connectivity index (χ4n) is 1.54. The highest BCUT2D eigenvalue weighted by Crippen LogP contribution is 2.16. The van der Waals surface area contributed by atoms with Crippen LogP contribution in [-0.2, 0) is 12.8 Å². The second-order valence-electron chi connectivity index (χ2n) is 2.82. The van der Waals surface area contributed by atoms with Crippen molar-refractivity contribution in [3.05, 3.63) is 41.5 Å². The third-order valence-electron chi connectivity index (χ3n) is 2.18. The van der Waals surface area contributed by atoms with E-state index in [1.165, 1.54) is 17.7 Å². The van der Waals surface area contributed by atoms with E-state index in [9.17, 15) is 0 Å². The first-order valence-electron chi connectivity index (χ1n) is 4.41. The molecule has 0 spiro atoms. The molecule has 1 nitrogen and oxygen atoms in total. The molecule has 65 valence electrons. The Hall–Kier alpha value is -0.820. The summed E-state index contributed by atoms with van der Waals surface area (Å²) >= 11 is 0. The summed E-state index contributed by atoms with van der Waals surface area (Å²) in [5, 5.41) is 8.94. The number of aryl methyl sites for hydroxylation is 1. The van der Waals surface area contributed by atoms with Crippen molar-refractivity contribution in [3.8, 4) is 0 Å². The normalized spacial score (nSPS) is 10.2. The second-order valence-corrected chi connectivity index (χ2v) is 2.82. The maximum Gasteiger partial charge on any atom is 0.109 e. The quantitative estimate of drug-likeness (QED) is 0.726. The Morgan fingerprint density at radius 2 is 2.00 bits per heavy atom. The smallest absolute Gasteiger partial charge is 0.109 e. The molecule has 1 rings (SSSR count). The molecule has 0 saturated heterocycles. The van der Waals surface area contributed by atoms with E-state index in [4.69, 9.17) is 5.11 Å². The molecule has 1 heteroatoms. The van der Waals surface area contributed by atoms with Crippen molar-refractivity contribution in [3.63, 3.8) is 0 Å². The molecule has 0 fully saturated rings. The number of hydrogen-bond acceptors (Lipinski definition) is 1. The van der Waals surface area contributed by atoms with E-state index in [-0.39, 0.29) is 0 Å². The monoisotopic (exact) mass is 163 g/mol. The average Bonchev–Trinajstić information content (AvgIpc) is 2.16. The molecule has 0 amide bonds. The predicted molar refractivity (Wildman–Crippen MR) is 50.5 cm³/mol. The third kappa shape index (κ3) is 1.67. The maximum atomic E-state index is 8.94. The molecule has 0 bridgehead atoms. The van der Waals surface area contributed by atoms with Crippen LogP contribution in [0.2, 0.25) is 0 Å². The van der Waals surface area contributed by atoms with E-state index >= 15 is 0 Å². The summed E-state index contributed by atoms with van der Waals surface area (Å²) in [4.78, 5) is 0. The van der Waals surface area contributed by atoms with Crippen molar-refractivity contribution < 1.29 is 5.11 Å².